The molecule has 0 amide bonds. The molecule has 4 atom stereocenters. The molecule has 156 valence electrons. The summed E-state index contributed by atoms with van der Waals surface area (Å²) in [5, 5.41) is 11.8. The molecule has 31 heavy (non-hydrogen) atoms. The van der Waals surface area contributed by atoms with E-state index in [0.29, 0.717) is 23.4 Å². The van der Waals surface area contributed by atoms with Crippen LogP contribution in [0, 0.1) is 11.8 Å². The molecule has 3 fully saturated rings. The minimum atomic E-state index is 0.454. The number of likely N-dealkylation sites (tertiary alicyclic amines) is 1. The molecule has 5 heterocycles. The molecule has 4 aromatic heterocycles. The molecule has 1 spiro atoms. The van der Waals surface area contributed by atoms with Gasteiger partial charge < -0.3 is 10.6 Å². The molecule has 4 unspecified atom stereocenters. The Hall–Kier alpha value is -3.26. The Morgan fingerprint density at radius 3 is 2.87 bits per heavy atom. The molecule has 2 aliphatic carbocycles. The first-order valence-electron chi connectivity index (χ1n) is 10.9. The summed E-state index contributed by atoms with van der Waals surface area (Å²) in [6.07, 6.45) is 6.38. The van der Waals surface area contributed by atoms with Crippen LogP contribution in [0.4, 0.5) is 11.8 Å². The average molecular weight is 413 g/mol. The third-order valence-electron chi connectivity index (χ3n) is 7.70. The Kier molecular flexibility index (Phi) is 3.32. The van der Waals surface area contributed by atoms with E-state index in [1.165, 1.54) is 19.4 Å². The number of hydrogen-bond donors (Lipinski definition) is 2. The van der Waals surface area contributed by atoms with Gasteiger partial charge in [-0.3, -0.25) is 9.88 Å². The van der Waals surface area contributed by atoms with Gasteiger partial charge in [0, 0.05) is 43.1 Å². The van der Waals surface area contributed by atoms with Crippen molar-refractivity contribution >= 4 is 28.3 Å². The zero-order valence-electron chi connectivity index (χ0n) is 17.6. The second-order valence-corrected chi connectivity index (χ2v) is 9.22. The maximum atomic E-state index is 4.85. The fraction of sp³-hybridized carbons (Fsp3) is 0.391. The topological polar surface area (TPSA) is 83.3 Å². The third-order valence-corrected chi connectivity index (χ3v) is 7.70. The lowest BCUT2D eigenvalue weighted by Gasteiger charge is -2.28. The lowest BCUT2D eigenvalue weighted by Crippen LogP contribution is -2.40. The number of nitrogens with one attached hydrogen (secondary N) is 2. The van der Waals surface area contributed by atoms with Gasteiger partial charge in [-0.1, -0.05) is 0 Å². The van der Waals surface area contributed by atoms with Crippen molar-refractivity contribution in [2.24, 2.45) is 11.8 Å². The van der Waals surface area contributed by atoms with E-state index in [4.69, 9.17) is 15.1 Å². The van der Waals surface area contributed by atoms with Crippen molar-refractivity contribution in [2.75, 3.05) is 31.3 Å². The van der Waals surface area contributed by atoms with Gasteiger partial charge in [0.15, 0.2) is 5.82 Å². The quantitative estimate of drug-likeness (QED) is 0.533. The highest BCUT2D eigenvalue weighted by Gasteiger charge is 2.71. The van der Waals surface area contributed by atoms with Crippen LogP contribution in [0.2, 0.25) is 0 Å². The highest BCUT2D eigenvalue weighted by atomic mass is 15.4. The van der Waals surface area contributed by atoms with Gasteiger partial charge in [0.05, 0.1) is 16.7 Å². The van der Waals surface area contributed by atoms with E-state index >= 15 is 0 Å². The van der Waals surface area contributed by atoms with Crippen LogP contribution in [-0.4, -0.2) is 61.7 Å². The van der Waals surface area contributed by atoms with Crippen molar-refractivity contribution in [1.29, 1.82) is 0 Å². The van der Waals surface area contributed by atoms with Gasteiger partial charge in [-0.15, -0.1) is 5.10 Å². The Morgan fingerprint density at radius 1 is 1.10 bits per heavy atom. The van der Waals surface area contributed by atoms with E-state index < -0.39 is 0 Å². The predicted molar refractivity (Wildman–Crippen MR) is 120 cm³/mol. The van der Waals surface area contributed by atoms with E-state index in [1.54, 1.807) is 6.20 Å². The molecule has 7 rings (SSSR count). The second-order valence-electron chi connectivity index (χ2n) is 9.22. The van der Waals surface area contributed by atoms with Gasteiger partial charge in [-0.2, -0.15) is 4.98 Å². The van der Waals surface area contributed by atoms with Crippen LogP contribution < -0.4 is 10.6 Å². The van der Waals surface area contributed by atoms with E-state index in [2.05, 4.69) is 33.6 Å². The van der Waals surface area contributed by atoms with E-state index in [-0.39, 0.29) is 0 Å². The van der Waals surface area contributed by atoms with Crippen LogP contribution >= 0.6 is 0 Å². The van der Waals surface area contributed by atoms with Gasteiger partial charge >= 0.3 is 0 Å². The maximum Gasteiger partial charge on any atom is 0.243 e. The average Bonchev–Trinajstić information content (AvgIpc) is 3.07. The monoisotopic (exact) mass is 412 g/mol. The number of hydrogen-bond acceptors (Lipinski definition) is 7. The summed E-state index contributed by atoms with van der Waals surface area (Å²) in [4.78, 5) is 16.6. The summed E-state index contributed by atoms with van der Waals surface area (Å²) in [7, 11) is 4.18. The van der Waals surface area contributed by atoms with Gasteiger partial charge in [-0.25, -0.2) is 9.50 Å². The highest BCUT2D eigenvalue weighted by molar-refractivity contribution is 5.89. The number of rotatable bonds is 4. The number of anilines is 2. The lowest BCUT2D eigenvalue weighted by atomic mass is 10.00. The number of aromatic nitrogens is 5. The summed E-state index contributed by atoms with van der Waals surface area (Å²) < 4.78 is 1.91. The van der Waals surface area contributed by atoms with Crippen molar-refractivity contribution in [3.63, 3.8) is 0 Å². The zero-order chi connectivity index (χ0) is 20.7. The molecular formula is C23H24N8. The summed E-state index contributed by atoms with van der Waals surface area (Å²) >= 11 is 0. The molecule has 0 aromatic carbocycles. The first-order chi connectivity index (χ1) is 15.2. The van der Waals surface area contributed by atoms with Crippen molar-refractivity contribution in [3.8, 4) is 11.3 Å². The van der Waals surface area contributed by atoms with Crippen LogP contribution in [0.1, 0.15) is 12.8 Å². The number of piperidine rings is 1. The molecule has 8 heteroatoms. The van der Waals surface area contributed by atoms with E-state index in [0.717, 1.165) is 39.5 Å². The normalized spacial score (nSPS) is 28.9. The minimum Gasteiger partial charge on any atom is -0.371 e. The molecule has 2 saturated carbocycles. The fourth-order valence-corrected chi connectivity index (χ4v) is 6.17. The minimum absolute atomic E-state index is 0.454. The highest BCUT2D eigenvalue weighted by Crippen LogP contribution is 2.65. The van der Waals surface area contributed by atoms with Gasteiger partial charge in [0.1, 0.15) is 5.52 Å². The fourth-order valence-electron chi connectivity index (χ4n) is 6.17. The van der Waals surface area contributed by atoms with Crippen molar-refractivity contribution in [3.05, 3.63) is 42.7 Å². The van der Waals surface area contributed by atoms with Gasteiger partial charge in [-0.05, 0) is 62.1 Å². The van der Waals surface area contributed by atoms with E-state index in [9.17, 15) is 0 Å². The molecule has 1 saturated heterocycles. The molecule has 2 N–H and O–H groups in total. The summed E-state index contributed by atoms with van der Waals surface area (Å²) in [5.41, 5.74) is 5.05. The number of fused-ring (bicyclic) bond motifs is 3. The van der Waals surface area contributed by atoms with Crippen molar-refractivity contribution < 1.29 is 0 Å². The molecule has 8 nitrogen and oxygen atoms in total. The molecular weight excluding hydrogens is 388 g/mol. The Labute approximate surface area is 179 Å². The van der Waals surface area contributed by atoms with Gasteiger partial charge in [0.25, 0.3) is 0 Å². The van der Waals surface area contributed by atoms with Crippen LogP contribution in [0.3, 0.4) is 0 Å². The molecule has 2 bridgehead atoms. The second kappa shape index (κ2) is 5.91. The van der Waals surface area contributed by atoms with Crippen LogP contribution in [-0.2, 0) is 0 Å². The van der Waals surface area contributed by atoms with Crippen molar-refractivity contribution in [2.45, 2.75) is 24.4 Å². The largest absolute Gasteiger partial charge is 0.371 e. The SMILES string of the molecule is CNc1nc(NC2C3CN(C)C4(C3)CC24)nn2ccc(-c3ccc4ncccc4n3)c12. The smallest absolute Gasteiger partial charge is 0.243 e. The third kappa shape index (κ3) is 2.33. The lowest BCUT2D eigenvalue weighted by molar-refractivity contribution is 0.236. The summed E-state index contributed by atoms with van der Waals surface area (Å²) in [6.45, 7) is 1.17. The molecule has 4 aromatic rings. The van der Waals surface area contributed by atoms with Crippen molar-refractivity contribution in [1.82, 2.24) is 29.5 Å². The van der Waals surface area contributed by atoms with Crippen LogP contribution in [0.15, 0.2) is 42.7 Å². The first-order valence-corrected chi connectivity index (χ1v) is 10.9. The summed E-state index contributed by atoms with van der Waals surface area (Å²) in [6, 6.07) is 10.4. The predicted octanol–water partition coefficient (Wildman–Crippen LogP) is 2.89. The Morgan fingerprint density at radius 2 is 2.03 bits per heavy atom. The Balaban J connectivity index is 1.27. The first kappa shape index (κ1) is 17.4. The van der Waals surface area contributed by atoms with Crippen LogP contribution in [0.25, 0.3) is 27.8 Å². The molecule has 1 aliphatic heterocycles. The number of pyridine rings is 2. The molecule has 3 aliphatic rings. The van der Waals surface area contributed by atoms with Crippen LogP contribution in [0.5, 0.6) is 0 Å². The zero-order valence-corrected chi connectivity index (χ0v) is 17.6. The maximum absolute atomic E-state index is 4.85. The Bertz CT molecular complexity index is 1340. The van der Waals surface area contributed by atoms with Gasteiger partial charge in [0.2, 0.25) is 5.95 Å². The summed E-state index contributed by atoms with van der Waals surface area (Å²) in [5.74, 6) is 2.91. The molecule has 0 radical (unpaired) electrons. The standard InChI is InChI=1S/C23H24N8/c1-24-21-20-14(16-5-6-17-18(26-16)4-3-8-25-17)7-9-31(20)29-22(28-21)27-19-13-10-23(11-15(19)23)30(2)12-13/h3-9,13,15,19H,10-12H2,1-2H3,(H2,24,27,28,29). The van der Waals surface area contributed by atoms with E-state index in [1.807, 2.05) is 42.0 Å². The number of nitrogens with zero attached hydrogens (tertiary/aromatic N) is 6.